The largest absolute Gasteiger partial charge is 0.345 e. The van der Waals surface area contributed by atoms with Crippen molar-refractivity contribution in [2.75, 3.05) is 0 Å². The maximum absolute atomic E-state index is 12.5. The Balaban J connectivity index is 2.21. The molecule has 1 amide bonds. The quantitative estimate of drug-likeness (QED) is 0.766. The van der Waals surface area contributed by atoms with Gasteiger partial charge in [0.1, 0.15) is 0 Å². The Morgan fingerprint density at radius 3 is 2.36 bits per heavy atom. The second-order valence-electron chi connectivity index (χ2n) is 5.69. The molecule has 1 N–H and O–H groups in total. The minimum absolute atomic E-state index is 0.0413. The van der Waals surface area contributed by atoms with Crippen molar-refractivity contribution in [3.8, 4) is 0 Å². The predicted molar refractivity (Wildman–Crippen MR) is 92.6 cm³/mol. The Morgan fingerprint density at radius 2 is 1.77 bits per heavy atom. The van der Waals surface area contributed by atoms with Crippen LogP contribution < -0.4 is 5.32 Å². The van der Waals surface area contributed by atoms with E-state index in [0.29, 0.717) is 21.5 Å². The van der Waals surface area contributed by atoms with E-state index >= 15 is 0 Å². The Kier molecular flexibility index (Phi) is 5.87. The smallest absolute Gasteiger partial charge is 0.253 e. The van der Waals surface area contributed by atoms with Gasteiger partial charge in [-0.05, 0) is 36.1 Å². The fourth-order valence-corrected chi connectivity index (χ4v) is 2.84. The van der Waals surface area contributed by atoms with Gasteiger partial charge >= 0.3 is 0 Å². The number of halogens is 2. The van der Waals surface area contributed by atoms with Crippen LogP contribution in [0.25, 0.3) is 0 Å². The maximum atomic E-state index is 12.5. The summed E-state index contributed by atoms with van der Waals surface area (Å²) in [5.41, 5.74) is 1.53. The molecular formula is C18H19Cl2NO. The zero-order valence-electron chi connectivity index (χ0n) is 12.6. The number of rotatable bonds is 5. The average molecular weight is 336 g/mol. The molecule has 22 heavy (non-hydrogen) atoms. The summed E-state index contributed by atoms with van der Waals surface area (Å²) in [6, 6.07) is 14.8. The second-order valence-corrected chi connectivity index (χ2v) is 6.53. The van der Waals surface area contributed by atoms with Crippen molar-refractivity contribution in [3.05, 3.63) is 69.7 Å². The van der Waals surface area contributed by atoms with Crippen molar-refractivity contribution in [1.29, 1.82) is 0 Å². The van der Waals surface area contributed by atoms with E-state index in [1.807, 2.05) is 30.3 Å². The third kappa shape index (κ3) is 4.49. The lowest BCUT2D eigenvalue weighted by Gasteiger charge is -2.21. The second kappa shape index (κ2) is 7.66. The molecule has 116 valence electrons. The first-order valence-corrected chi connectivity index (χ1v) is 8.04. The van der Waals surface area contributed by atoms with Crippen molar-refractivity contribution in [2.24, 2.45) is 5.92 Å². The first-order valence-electron chi connectivity index (χ1n) is 7.28. The molecule has 2 rings (SSSR count). The van der Waals surface area contributed by atoms with Gasteiger partial charge < -0.3 is 5.32 Å². The SMILES string of the molecule is CC(C)CC(NC(=O)c1ccc(Cl)cc1Cl)c1ccccc1. The molecular weight excluding hydrogens is 317 g/mol. The Hall–Kier alpha value is -1.51. The molecule has 0 heterocycles. The molecule has 0 saturated heterocycles. The highest BCUT2D eigenvalue weighted by atomic mass is 35.5. The van der Waals surface area contributed by atoms with Gasteiger partial charge in [-0.15, -0.1) is 0 Å². The van der Waals surface area contributed by atoms with E-state index in [4.69, 9.17) is 23.2 Å². The van der Waals surface area contributed by atoms with E-state index < -0.39 is 0 Å². The molecule has 1 atom stereocenters. The molecule has 0 aliphatic carbocycles. The molecule has 2 aromatic carbocycles. The van der Waals surface area contributed by atoms with E-state index in [1.54, 1.807) is 18.2 Å². The van der Waals surface area contributed by atoms with E-state index in [9.17, 15) is 4.79 Å². The number of benzene rings is 2. The summed E-state index contributed by atoms with van der Waals surface area (Å²) < 4.78 is 0. The van der Waals surface area contributed by atoms with Gasteiger partial charge in [-0.2, -0.15) is 0 Å². The van der Waals surface area contributed by atoms with E-state index in [0.717, 1.165) is 12.0 Å². The van der Waals surface area contributed by atoms with E-state index in [-0.39, 0.29) is 11.9 Å². The average Bonchev–Trinajstić information content (AvgIpc) is 2.46. The number of carbonyl (C=O) groups excluding carboxylic acids is 1. The first kappa shape index (κ1) is 16.9. The summed E-state index contributed by atoms with van der Waals surface area (Å²) in [5, 5.41) is 3.95. The van der Waals surface area contributed by atoms with Crippen molar-refractivity contribution in [1.82, 2.24) is 5.32 Å². The molecule has 0 fully saturated rings. The predicted octanol–water partition coefficient (Wildman–Crippen LogP) is 5.51. The van der Waals surface area contributed by atoms with Crippen LogP contribution in [0.1, 0.15) is 42.2 Å². The number of carbonyl (C=O) groups is 1. The molecule has 0 aliphatic heterocycles. The number of amides is 1. The summed E-state index contributed by atoms with van der Waals surface area (Å²) in [4.78, 5) is 12.5. The highest BCUT2D eigenvalue weighted by Crippen LogP contribution is 2.24. The van der Waals surface area contributed by atoms with Crippen LogP contribution in [0.5, 0.6) is 0 Å². The molecule has 0 saturated carbocycles. The summed E-state index contributed by atoms with van der Waals surface area (Å²) in [5.74, 6) is 0.280. The van der Waals surface area contributed by atoms with Crippen LogP contribution >= 0.6 is 23.2 Å². The minimum Gasteiger partial charge on any atom is -0.345 e. The van der Waals surface area contributed by atoms with Crippen LogP contribution in [0, 0.1) is 5.92 Å². The first-order chi connectivity index (χ1) is 10.5. The van der Waals surface area contributed by atoms with Gasteiger partial charge in [-0.25, -0.2) is 0 Å². The molecule has 2 nitrogen and oxygen atoms in total. The zero-order chi connectivity index (χ0) is 16.1. The van der Waals surface area contributed by atoms with Crippen LogP contribution in [0.3, 0.4) is 0 Å². The van der Waals surface area contributed by atoms with Gasteiger partial charge in [-0.1, -0.05) is 67.4 Å². The maximum Gasteiger partial charge on any atom is 0.253 e. The van der Waals surface area contributed by atoms with Gasteiger partial charge in [0.2, 0.25) is 0 Å². The van der Waals surface area contributed by atoms with Gasteiger partial charge in [-0.3, -0.25) is 4.79 Å². The topological polar surface area (TPSA) is 29.1 Å². The van der Waals surface area contributed by atoms with Gasteiger partial charge in [0.15, 0.2) is 0 Å². The molecule has 0 spiro atoms. The van der Waals surface area contributed by atoms with Crippen LogP contribution in [-0.2, 0) is 0 Å². The highest BCUT2D eigenvalue weighted by Gasteiger charge is 2.18. The Morgan fingerprint density at radius 1 is 1.09 bits per heavy atom. The van der Waals surface area contributed by atoms with Crippen LogP contribution in [0.2, 0.25) is 10.0 Å². The number of hydrogen-bond acceptors (Lipinski definition) is 1. The van der Waals surface area contributed by atoms with E-state index in [2.05, 4.69) is 19.2 Å². The molecule has 2 aromatic rings. The lowest BCUT2D eigenvalue weighted by atomic mass is 9.96. The van der Waals surface area contributed by atoms with Crippen LogP contribution in [0.15, 0.2) is 48.5 Å². The summed E-state index contributed by atoms with van der Waals surface area (Å²) in [6.45, 7) is 4.27. The summed E-state index contributed by atoms with van der Waals surface area (Å²) >= 11 is 12.0. The Bertz CT molecular complexity index is 641. The molecule has 0 radical (unpaired) electrons. The lowest BCUT2D eigenvalue weighted by Crippen LogP contribution is -2.29. The van der Waals surface area contributed by atoms with Gasteiger partial charge in [0.25, 0.3) is 5.91 Å². The monoisotopic (exact) mass is 335 g/mol. The molecule has 4 heteroatoms. The third-order valence-corrected chi connectivity index (χ3v) is 3.94. The van der Waals surface area contributed by atoms with Gasteiger partial charge in [0.05, 0.1) is 16.6 Å². The minimum atomic E-state index is -0.184. The summed E-state index contributed by atoms with van der Waals surface area (Å²) in [6.07, 6.45) is 0.862. The van der Waals surface area contributed by atoms with E-state index in [1.165, 1.54) is 0 Å². The molecule has 0 bridgehead atoms. The van der Waals surface area contributed by atoms with Crippen molar-refractivity contribution >= 4 is 29.1 Å². The fourth-order valence-electron chi connectivity index (χ4n) is 2.34. The standard InChI is InChI=1S/C18H19Cl2NO/c1-12(2)10-17(13-6-4-3-5-7-13)21-18(22)15-9-8-14(19)11-16(15)20/h3-9,11-12,17H,10H2,1-2H3,(H,21,22). The van der Waals surface area contributed by atoms with Crippen LogP contribution in [-0.4, -0.2) is 5.91 Å². The molecule has 0 aliphatic rings. The molecule has 1 unspecified atom stereocenters. The van der Waals surface area contributed by atoms with Gasteiger partial charge in [0, 0.05) is 5.02 Å². The third-order valence-electron chi connectivity index (χ3n) is 3.39. The molecule has 0 aromatic heterocycles. The van der Waals surface area contributed by atoms with Crippen molar-refractivity contribution in [3.63, 3.8) is 0 Å². The summed E-state index contributed by atoms with van der Waals surface area (Å²) in [7, 11) is 0. The van der Waals surface area contributed by atoms with Crippen molar-refractivity contribution < 1.29 is 4.79 Å². The normalized spacial score (nSPS) is 12.2. The highest BCUT2D eigenvalue weighted by molar-refractivity contribution is 6.36. The lowest BCUT2D eigenvalue weighted by molar-refractivity contribution is 0.0932. The zero-order valence-corrected chi connectivity index (χ0v) is 14.2. The van der Waals surface area contributed by atoms with Crippen molar-refractivity contribution in [2.45, 2.75) is 26.3 Å². The fraction of sp³-hybridized carbons (Fsp3) is 0.278. The van der Waals surface area contributed by atoms with Crippen LogP contribution in [0.4, 0.5) is 0 Å². The number of nitrogens with one attached hydrogen (secondary N) is 1. The number of hydrogen-bond donors (Lipinski definition) is 1. The Labute approximate surface area is 141 Å².